The quantitative estimate of drug-likeness (QED) is 0.789. The van der Waals surface area contributed by atoms with E-state index >= 15 is 0 Å². The SMILES string of the molecule is CC(C)C(CCCl)NS(=O)(=O)c1cc(Cl)sc1Cl. The minimum Gasteiger partial charge on any atom is -0.208 e. The molecule has 1 unspecified atom stereocenters. The van der Waals surface area contributed by atoms with Crippen molar-refractivity contribution in [2.24, 2.45) is 5.92 Å². The lowest BCUT2D eigenvalue weighted by Crippen LogP contribution is -2.38. The molecule has 0 aromatic carbocycles. The number of nitrogens with one attached hydrogen (secondary N) is 1. The van der Waals surface area contributed by atoms with Crippen molar-refractivity contribution in [1.29, 1.82) is 0 Å². The number of alkyl halides is 1. The Morgan fingerprint density at radius 1 is 1.39 bits per heavy atom. The second kappa shape index (κ2) is 6.77. The van der Waals surface area contributed by atoms with E-state index in [-0.39, 0.29) is 21.2 Å². The predicted molar refractivity (Wildman–Crippen MR) is 78.6 cm³/mol. The molecular weight excluding hydrogens is 337 g/mol. The van der Waals surface area contributed by atoms with Gasteiger partial charge in [0.1, 0.15) is 9.23 Å². The van der Waals surface area contributed by atoms with Crippen molar-refractivity contribution in [2.75, 3.05) is 5.88 Å². The van der Waals surface area contributed by atoms with E-state index in [9.17, 15) is 8.42 Å². The maximum atomic E-state index is 12.2. The topological polar surface area (TPSA) is 46.2 Å². The van der Waals surface area contributed by atoms with Gasteiger partial charge in [-0.2, -0.15) is 0 Å². The first-order chi connectivity index (χ1) is 8.27. The maximum absolute atomic E-state index is 12.2. The third-order valence-corrected chi connectivity index (χ3v) is 5.91. The molecule has 0 fully saturated rings. The van der Waals surface area contributed by atoms with E-state index in [1.54, 1.807) is 0 Å². The molecule has 18 heavy (non-hydrogen) atoms. The number of rotatable bonds is 6. The molecule has 0 bridgehead atoms. The molecule has 0 spiro atoms. The van der Waals surface area contributed by atoms with Gasteiger partial charge in [0, 0.05) is 11.9 Å². The highest BCUT2D eigenvalue weighted by Crippen LogP contribution is 2.34. The van der Waals surface area contributed by atoms with Gasteiger partial charge >= 0.3 is 0 Å². The molecule has 0 saturated carbocycles. The lowest BCUT2D eigenvalue weighted by molar-refractivity contribution is 0.439. The van der Waals surface area contributed by atoms with Crippen molar-refractivity contribution >= 4 is 56.2 Å². The summed E-state index contributed by atoms with van der Waals surface area (Å²) in [6, 6.07) is 1.14. The molecule has 0 aliphatic carbocycles. The number of hydrogen-bond donors (Lipinski definition) is 1. The molecule has 1 aromatic heterocycles. The Bertz CT molecular complexity index is 499. The fourth-order valence-corrected chi connectivity index (χ4v) is 5.22. The smallest absolute Gasteiger partial charge is 0.208 e. The van der Waals surface area contributed by atoms with E-state index in [1.165, 1.54) is 6.07 Å². The van der Waals surface area contributed by atoms with Crippen LogP contribution < -0.4 is 4.72 Å². The molecule has 8 heteroatoms. The van der Waals surface area contributed by atoms with Gasteiger partial charge in [0.15, 0.2) is 0 Å². The second-order valence-electron chi connectivity index (χ2n) is 4.14. The average molecular weight is 351 g/mol. The van der Waals surface area contributed by atoms with Crippen LogP contribution in [0, 0.1) is 5.92 Å². The first-order valence-corrected chi connectivity index (χ1v) is 8.90. The maximum Gasteiger partial charge on any atom is 0.243 e. The van der Waals surface area contributed by atoms with Gasteiger partial charge in [-0.1, -0.05) is 37.0 Å². The third kappa shape index (κ3) is 4.25. The number of halogens is 3. The van der Waals surface area contributed by atoms with E-state index in [0.29, 0.717) is 16.6 Å². The standard InChI is InChI=1S/C10H14Cl3NO2S2/c1-6(2)7(3-4-11)14-18(15,16)8-5-9(12)17-10(8)13/h5-7,14H,3-4H2,1-2H3. The summed E-state index contributed by atoms with van der Waals surface area (Å²) >= 11 is 18.3. The fraction of sp³-hybridized carbons (Fsp3) is 0.600. The van der Waals surface area contributed by atoms with Crippen LogP contribution in [0.3, 0.4) is 0 Å². The number of thiophene rings is 1. The van der Waals surface area contributed by atoms with Gasteiger partial charge in [-0.05, 0) is 18.4 Å². The minimum atomic E-state index is -3.65. The summed E-state index contributed by atoms with van der Waals surface area (Å²) in [5, 5.41) is 0. The number of sulfonamides is 1. The lowest BCUT2D eigenvalue weighted by atomic mass is 10.0. The predicted octanol–water partition coefficient (Wildman–Crippen LogP) is 3.99. The molecule has 0 aliphatic rings. The Kier molecular flexibility index (Phi) is 6.22. The summed E-state index contributed by atoms with van der Waals surface area (Å²) in [4.78, 5) is 0.0272. The first kappa shape index (κ1) is 16.5. The van der Waals surface area contributed by atoms with Gasteiger partial charge in [-0.25, -0.2) is 13.1 Å². The molecule has 0 saturated heterocycles. The van der Waals surface area contributed by atoms with Crippen molar-refractivity contribution < 1.29 is 8.42 Å². The van der Waals surface area contributed by atoms with Crippen LogP contribution in [0.15, 0.2) is 11.0 Å². The van der Waals surface area contributed by atoms with E-state index in [1.807, 2.05) is 13.8 Å². The van der Waals surface area contributed by atoms with Gasteiger partial charge in [0.2, 0.25) is 10.0 Å². The normalized spacial score (nSPS) is 14.1. The van der Waals surface area contributed by atoms with Gasteiger partial charge in [0.05, 0.1) is 4.34 Å². The van der Waals surface area contributed by atoms with Crippen molar-refractivity contribution in [1.82, 2.24) is 4.72 Å². The van der Waals surface area contributed by atoms with Crippen molar-refractivity contribution in [3.05, 3.63) is 14.7 Å². The molecule has 1 heterocycles. The second-order valence-corrected chi connectivity index (χ2v) is 8.48. The van der Waals surface area contributed by atoms with Crippen molar-refractivity contribution in [3.8, 4) is 0 Å². The highest BCUT2D eigenvalue weighted by Gasteiger charge is 2.25. The van der Waals surface area contributed by atoms with Crippen LogP contribution in [0.5, 0.6) is 0 Å². The largest absolute Gasteiger partial charge is 0.243 e. The van der Waals surface area contributed by atoms with Crippen LogP contribution >= 0.6 is 46.1 Å². The summed E-state index contributed by atoms with van der Waals surface area (Å²) in [5.41, 5.74) is 0. The highest BCUT2D eigenvalue weighted by atomic mass is 35.5. The Morgan fingerprint density at radius 2 is 2.00 bits per heavy atom. The monoisotopic (exact) mass is 349 g/mol. The van der Waals surface area contributed by atoms with Gasteiger partial charge in [-0.3, -0.25) is 0 Å². The van der Waals surface area contributed by atoms with Crippen LogP contribution in [0.25, 0.3) is 0 Å². The van der Waals surface area contributed by atoms with Gasteiger partial charge < -0.3 is 0 Å². The molecule has 1 rings (SSSR count). The average Bonchev–Trinajstić information content (AvgIpc) is 2.57. The Balaban J connectivity index is 2.97. The summed E-state index contributed by atoms with van der Waals surface area (Å²) in [6.45, 7) is 3.86. The van der Waals surface area contributed by atoms with Crippen LogP contribution in [0.1, 0.15) is 20.3 Å². The Labute approximate surface area is 126 Å². The fourth-order valence-electron chi connectivity index (χ4n) is 1.42. The molecule has 104 valence electrons. The zero-order valence-corrected chi connectivity index (χ0v) is 13.8. The third-order valence-electron chi connectivity index (χ3n) is 2.45. The van der Waals surface area contributed by atoms with Crippen LogP contribution in [0.4, 0.5) is 0 Å². The molecule has 0 amide bonds. The Hall–Kier alpha value is 0.480. The summed E-state index contributed by atoms with van der Waals surface area (Å²) in [7, 11) is -3.65. The summed E-state index contributed by atoms with van der Waals surface area (Å²) < 4.78 is 27.5. The lowest BCUT2D eigenvalue weighted by Gasteiger charge is -2.21. The molecule has 1 aromatic rings. The van der Waals surface area contributed by atoms with Crippen molar-refractivity contribution in [2.45, 2.75) is 31.2 Å². The zero-order valence-electron chi connectivity index (χ0n) is 9.91. The van der Waals surface area contributed by atoms with E-state index in [2.05, 4.69) is 4.72 Å². The summed E-state index contributed by atoms with van der Waals surface area (Å²) in [6.07, 6.45) is 0.563. The summed E-state index contributed by atoms with van der Waals surface area (Å²) in [5.74, 6) is 0.537. The number of hydrogen-bond acceptors (Lipinski definition) is 3. The molecular formula is C10H14Cl3NO2S2. The molecule has 1 N–H and O–H groups in total. The highest BCUT2D eigenvalue weighted by molar-refractivity contribution is 7.89. The molecule has 3 nitrogen and oxygen atoms in total. The Morgan fingerprint density at radius 3 is 2.39 bits per heavy atom. The van der Waals surface area contributed by atoms with Crippen LogP contribution in [0.2, 0.25) is 8.67 Å². The van der Waals surface area contributed by atoms with Gasteiger partial charge in [0.25, 0.3) is 0 Å². The molecule has 0 radical (unpaired) electrons. The molecule has 0 aliphatic heterocycles. The minimum absolute atomic E-state index is 0.0272. The van der Waals surface area contributed by atoms with E-state index < -0.39 is 10.0 Å². The van der Waals surface area contributed by atoms with E-state index in [4.69, 9.17) is 34.8 Å². The zero-order chi connectivity index (χ0) is 13.9. The van der Waals surface area contributed by atoms with Crippen LogP contribution in [-0.2, 0) is 10.0 Å². The van der Waals surface area contributed by atoms with Crippen LogP contribution in [-0.4, -0.2) is 20.3 Å². The van der Waals surface area contributed by atoms with Gasteiger partial charge in [-0.15, -0.1) is 22.9 Å². The van der Waals surface area contributed by atoms with Crippen molar-refractivity contribution in [3.63, 3.8) is 0 Å². The first-order valence-electron chi connectivity index (χ1n) is 5.31. The molecule has 1 atom stereocenters. The van der Waals surface area contributed by atoms with E-state index in [0.717, 1.165) is 11.3 Å².